The van der Waals surface area contributed by atoms with Gasteiger partial charge in [-0.15, -0.1) is 0 Å². The summed E-state index contributed by atoms with van der Waals surface area (Å²) < 4.78 is 15.2. The zero-order chi connectivity index (χ0) is 21.0. The molecule has 0 bridgehead atoms. The summed E-state index contributed by atoms with van der Waals surface area (Å²) in [7, 11) is 0. The lowest BCUT2D eigenvalue weighted by molar-refractivity contribution is 0.626. The second-order valence-electron chi connectivity index (χ2n) is 6.89. The Morgan fingerprint density at radius 3 is 2.59 bits per heavy atom. The quantitative estimate of drug-likeness (QED) is 0.317. The van der Waals surface area contributed by atoms with Gasteiger partial charge in [0, 0.05) is 23.5 Å². The predicted molar refractivity (Wildman–Crippen MR) is 123 cm³/mol. The first kappa shape index (κ1) is 21.0. The van der Waals surface area contributed by atoms with Gasteiger partial charge in [-0.3, -0.25) is 5.43 Å². The first-order valence-electron chi connectivity index (χ1n) is 9.10. The molecule has 0 aliphatic heterocycles. The van der Waals surface area contributed by atoms with Crippen LogP contribution in [0.3, 0.4) is 0 Å². The monoisotopic (exact) mass is 428 g/mol. The van der Waals surface area contributed by atoms with Crippen LogP contribution in [0.4, 0.5) is 10.1 Å². The number of hydrogen-bond donors (Lipinski definition) is 2. The molecular weight excluding hydrogens is 407 g/mol. The number of halogens is 2. The lowest BCUT2D eigenvalue weighted by atomic mass is 10.1. The summed E-state index contributed by atoms with van der Waals surface area (Å²) >= 11 is 11.5. The van der Waals surface area contributed by atoms with Crippen molar-refractivity contribution >= 4 is 40.8 Å². The molecule has 0 aliphatic carbocycles. The minimum Gasteiger partial charge on any atom is -0.342 e. The van der Waals surface area contributed by atoms with Gasteiger partial charge in [-0.1, -0.05) is 35.4 Å². The summed E-state index contributed by atoms with van der Waals surface area (Å²) in [6.07, 6.45) is 3.59. The third-order valence-corrected chi connectivity index (χ3v) is 5.04. The van der Waals surface area contributed by atoms with E-state index in [-0.39, 0.29) is 5.82 Å². The van der Waals surface area contributed by atoms with Crippen molar-refractivity contribution in [2.45, 2.75) is 27.3 Å². The number of nitrogens with zero attached hydrogens (tertiary/aromatic N) is 2. The number of rotatable bonds is 5. The highest BCUT2D eigenvalue weighted by atomic mass is 35.5. The Balaban J connectivity index is 1.64. The number of hydrazone groups is 1. The van der Waals surface area contributed by atoms with Crippen molar-refractivity contribution in [3.8, 4) is 0 Å². The van der Waals surface area contributed by atoms with E-state index < -0.39 is 0 Å². The number of hydrogen-bond acceptors (Lipinski definition) is 2. The Hall–Kier alpha value is -2.70. The summed E-state index contributed by atoms with van der Waals surface area (Å²) in [6.45, 7) is 6.67. The largest absolute Gasteiger partial charge is 0.342 e. The smallest absolute Gasteiger partial charge is 0.191 e. The molecule has 1 heterocycles. The van der Waals surface area contributed by atoms with E-state index in [1.807, 2.05) is 36.7 Å². The van der Waals surface area contributed by atoms with Gasteiger partial charge in [-0.2, -0.15) is 5.10 Å². The first-order valence-corrected chi connectivity index (χ1v) is 9.89. The van der Waals surface area contributed by atoms with Gasteiger partial charge >= 0.3 is 0 Å². The van der Waals surface area contributed by atoms with Crippen molar-refractivity contribution in [1.82, 2.24) is 9.99 Å². The molecule has 0 saturated carbocycles. The second-order valence-corrected chi connectivity index (χ2v) is 7.71. The number of aryl methyl sites for hydroxylation is 3. The maximum atomic E-state index is 13.2. The topological polar surface area (TPSA) is 41.4 Å². The van der Waals surface area contributed by atoms with E-state index in [0.29, 0.717) is 16.7 Å². The summed E-state index contributed by atoms with van der Waals surface area (Å²) in [5.74, 6) is -0.350. The third kappa shape index (κ3) is 5.43. The molecule has 0 fully saturated rings. The van der Waals surface area contributed by atoms with Crippen LogP contribution in [0.25, 0.3) is 0 Å². The molecule has 2 aromatic carbocycles. The Morgan fingerprint density at radius 2 is 1.90 bits per heavy atom. The average Bonchev–Trinajstić information content (AvgIpc) is 3.07. The van der Waals surface area contributed by atoms with Gasteiger partial charge in [-0.25, -0.2) is 4.39 Å². The van der Waals surface area contributed by atoms with Crippen molar-refractivity contribution in [3.63, 3.8) is 0 Å². The van der Waals surface area contributed by atoms with Crippen LogP contribution in [0.15, 0.2) is 53.8 Å². The van der Waals surface area contributed by atoms with Gasteiger partial charge in [-0.05, 0) is 73.9 Å². The van der Waals surface area contributed by atoms with E-state index in [1.54, 1.807) is 12.3 Å². The van der Waals surface area contributed by atoms with Crippen LogP contribution in [-0.4, -0.2) is 15.9 Å². The maximum absolute atomic E-state index is 13.2. The van der Waals surface area contributed by atoms with Crippen LogP contribution in [0, 0.1) is 26.6 Å². The molecule has 0 radical (unpaired) electrons. The Morgan fingerprint density at radius 1 is 1.17 bits per heavy atom. The van der Waals surface area contributed by atoms with E-state index in [9.17, 15) is 4.39 Å². The lowest BCUT2D eigenvalue weighted by Crippen LogP contribution is -2.25. The van der Waals surface area contributed by atoms with Crippen molar-refractivity contribution in [3.05, 3.63) is 87.4 Å². The van der Waals surface area contributed by atoms with Crippen molar-refractivity contribution in [1.29, 1.82) is 0 Å². The zero-order valence-electron chi connectivity index (χ0n) is 16.5. The van der Waals surface area contributed by atoms with E-state index in [4.69, 9.17) is 23.8 Å². The number of benzene rings is 2. The fraction of sp³-hybridized carbons (Fsp3) is 0.182. The molecule has 3 aromatic rings. The first-order chi connectivity index (χ1) is 13.8. The molecule has 3 rings (SSSR count). The molecular formula is C22H22ClFN4S. The Labute approximate surface area is 180 Å². The Kier molecular flexibility index (Phi) is 6.67. The molecule has 0 spiro atoms. The molecule has 1 aromatic heterocycles. The minimum atomic E-state index is -0.350. The van der Waals surface area contributed by atoms with Crippen LogP contribution in [0.1, 0.15) is 27.9 Å². The normalized spacial score (nSPS) is 11.1. The molecule has 0 unspecified atom stereocenters. The van der Waals surface area contributed by atoms with Gasteiger partial charge in [0.25, 0.3) is 0 Å². The van der Waals surface area contributed by atoms with E-state index in [2.05, 4.69) is 34.9 Å². The van der Waals surface area contributed by atoms with Crippen LogP contribution in [0.5, 0.6) is 0 Å². The third-order valence-electron chi connectivity index (χ3n) is 4.50. The van der Waals surface area contributed by atoms with Crippen molar-refractivity contribution in [2.75, 3.05) is 5.32 Å². The fourth-order valence-corrected chi connectivity index (χ4v) is 3.58. The van der Waals surface area contributed by atoms with Gasteiger partial charge < -0.3 is 9.88 Å². The maximum Gasteiger partial charge on any atom is 0.191 e. The van der Waals surface area contributed by atoms with Crippen LogP contribution < -0.4 is 10.7 Å². The van der Waals surface area contributed by atoms with E-state index >= 15 is 0 Å². The van der Waals surface area contributed by atoms with Gasteiger partial charge in [0.1, 0.15) is 5.82 Å². The van der Waals surface area contributed by atoms with Crippen LogP contribution >= 0.6 is 23.8 Å². The van der Waals surface area contributed by atoms with Crippen LogP contribution in [0.2, 0.25) is 5.02 Å². The van der Waals surface area contributed by atoms with Crippen molar-refractivity contribution < 1.29 is 4.39 Å². The minimum absolute atomic E-state index is 0.350. The molecule has 7 heteroatoms. The van der Waals surface area contributed by atoms with E-state index in [1.165, 1.54) is 17.7 Å². The molecule has 0 aliphatic rings. The highest BCUT2D eigenvalue weighted by Gasteiger charge is 2.07. The summed E-state index contributed by atoms with van der Waals surface area (Å²) in [4.78, 5) is 0. The van der Waals surface area contributed by atoms with E-state index in [0.717, 1.165) is 28.1 Å². The molecule has 29 heavy (non-hydrogen) atoms. The molecule has 0 saturated heterocycles. The summed E-state index contributed by atoms with van der Waals surface area (Å²) in [6, 6.07) is 12.4. The molecule has 0 amide bonds. The lowest BCUT2D eigenvalue weighted by Gasteiger charge is -2.14. The number of thiocarbonyl (C=S) groups is 1. The van der Waals surface area contributed by atoms with Gasteiger partial charge in [0.05, 0.1) is 11.9 Å². The zero-order valence-corrected chi connectivity index (χ0v) is 18.0. The van der Waals surface area contributed by atoms with Gasteiger partial charge in [0.2, 0.25) is 0 Å². The van der Waals surface area contributed by atoms with Gasteiger partial charge in [0.15, 0.2) is 5.11 Å². The molecule has 4 nitrogen and oxygen atoms in total. The average molecular weight is 429 g/mol. The summed E-state index contributed by atoms with van der Waals surface area (Å²) in [5, 5.41) is 8.24. The molecule has 150 valence electrons. The standard InChI is InChI=1S/C22H22ClFN4S/c1-14-9-15(2)21(16(3)10-14)26-22(29)27-25-12-19-5-4-8-28(19)13-17-6-7-18(24)11-20(17)23/h4-12H,13H2,1-3H3,(H2,26,27,29). The van der Waals surface area contributed by atoms with Crippen LogP contribution in [-0.2, 0) is 6.54 Å². The second kappa shape index (κ2) is 9.20. The number of nitrogens with one attached hydrogen (secondary N) is 2. The Bertz CT molecular complexity index is 1050. The highest BCUT2D eigenvalue weighted by Crippen LogP contribution is 2.22. The fourth-order valence-electron chi connectivity index (χ4n) is 3.20. The predicted octanol–water partition coefficient (Wildman–Crippen LogP) is 5.57. The SMILES string of the molecule is Cc1cc(C)c(NC(=S)NN=Cc2cccn2Cc2ccc(F)cc2Cl)c(C)c1. The molecule has 0 atom stereocenters. The van der Waals surface area contributed by atoms with Crippen molar-refractivity contribution in [2.24, 2.45) is 5.10 Å². The number of aromatic nitrogens is 1. The number of anilines is 1. The molecule has 2 N–H and O–H groups in total. The highest BCUT2D eigenvalue weighted by molar-refractivity contribution is 7.80. The summed E-state index contributed by atoms with van der Waals surface area (Å²) in [5.41, 5.74) is 8.99.